The molecule has 37 heavy (non-hydrogen) atoms. The van der Waals surface area contributed by atoms with Gasteiger partial charge in [-0.15, -0.1) is 0 Å². The lowest BCUT2D eigenvalue weighted by atomic mass is 9.99. The maximum atomic E-state index is 7.00. The number of hydrogen-bond donors (Lipinski definition) is 0. The van der Waals surface area contributed by atoms with Crippen LogP contribution in [0.1, 0.15) is 33.3 Å². The third-order valence-electron chi connectivity index (χ3n) is 7.56. The summed E-state index contributed by atoms with van der Waals surface area (Å²) in [4.78, 5) is 0. The minimum atomic E-state index is -2.17. The van der Waals surface area contributed by atoms with E-state index in [1.165, 1.54) is 10.8 Å². The molecule has 0 spiro atoms. The van der Waals surface area contributed by atoms with Crippen molar-refractivity contribution in [3.8, 4) is 5.75 Å². The second kappa shape index (κ2) is 11.6. The zero-order valence-corrected chi connectivity index (χ0v) is 25.4. The third kappa shape index (κ3) is 6.64. The van der Waals surface area contributed by atoms with Gasteiger partial charge < -0.3 is 23.4 Å². The van der Waals surface area contributed by atoms with Crippen molar-refractivity contribution in [1.29, 1.82) is 0 Å². The summed E-state index contributed by atoms with van der Waals surface area (Å²) in [6.07, 6.45) is -2.03. The van der Waals surface area contributed by atoms with E-state index in [4.69, 9.17) is 23.4 Å². The lowest BCUT2D eigenvalue weighted by Crippen LogP contribution is -2.63. The zero-order chi connectivity index (χ0) is 26.8. The summed E-state index contributed by atoms with van der Waals surface area (Å²) in [6, 6.07) is 22.5. The van der Waals surface area contributed by atoms with Gasteiger partial charge in [0.25, 0.3) is 0 Å². The van der Waals surface area contributed by atoms with Crippen LogP contribution < -0.4 is 4.74 Å². The van der Waals surface area contributed by atoms with Gasteiger partial charge in [0.1, 0.15) is 24.1 Å². The highest BCUT2D eigenvalue weighted by Crippen LogP contribution is 2.40. The molecule has 0 saturated carbocycles. The molecule has 1 aliphatic heterocycles. The molecule has 1 fully saturated rings. The quantitative estimate of drug-likeness (QED) is 0.253. The molecule has 1 saturated heterocycles. The van der Waals surface area contributed by atoms with E-state index in [0.717, 1.165) is 10.0 Å². The van der Waals surface area contributed by atoms with E-state index in [-0.39, 0.29) is 23.4 Å². The summed E-state index contributed by atoms with van der Waals surface area (Å²) in [5.41, 5.74) is 1.11. The first-order valence-corrected chi connectivity index (χ1v) is 16.6. The van der Waals surface area contributed by atoms with Crippen LogP contribution >= 0.6 is 15.9 Å². The normalized spacial score (nSPS) is 24.8. The fourth-order valence-corrected chi connectivity index (χ4v) is 5.93. The summed E-state index contributed by atoms with van der Waals surface area (Å²) >= 11 is 3.48. The molecule has 7 heteroatoms. The number of methoxy groups -OCH3 is 1. The van der Waals surface area contributed by atoms with Crippen LogP contribution in [0.25, 0.3) is 10.8 Å². The predicted octanol–water partition coefficient (Wildman–Crippen LogP) is 7.72. The Bertz CT molecular complexity index is 1180. The molecule has 5 nitrogen and oxygen atoms in total. The Kier molecular flexibility index (Phi) is 8.83. The Labute approximate surface area is 230 Å². The van der Waals surface area contributed by atoms with Crippen molar-refractivity contribution in [1.82, 2.24) is 0 Å². The SMILES string of the molecule is CO[C@H]1[C@H](Oc2ccc(Br)cc2)O[C@@H](C)[C@H](OCc2ccc3ccccc3c2)[C@H]1O[Si](C)(C)C(C)(C)C. The maximum absolute atomic E-state index is 7.00. The number of fused-ring (bicyclic) bond motifs is 1. The highest BCUT2D eigenvalue weighted by molar-refractivity contribution is 9.10. The molecule has 0 unspecified atom stereocenters. The van der Waals surface area contributed by atoms with Gasteiger partial charge in [-0.3, -0.25) is 0 Å². The smallest absolute Gasteiger partial charge is 0.229 e. The van der Waals surface area contributed by atoms with Crippen molar-refractivity contribution in [2.45, 2.75) is 83.1 Å². The van der Waals surface area contributed by atoms with Gasteiger partial charge in [-0.05, 0) is 71.7 Å². The zero-order valence-electron chi connectivity index (χ0n) is 22.9. The van der Waals surface area contributed by atoms with Crippen LogP contribution in [0.3, 0.4) is 0 Å². The van der Waals surface area contributed by atoms with Crippen molar-refractivity contribution in [2.75, 3.05) is 7.11 Å². The van der Waals surface area contributed by atoms with Gasteiger partial charge >= 0.3 is 0 Å². The van der Waals surface area contributed by atoms with Crippen molar-refractivity contribution in [2.24, 2.45) is 0 Å². The number of benzene rings is 3. The minimum absolute atomic E-state index is 0.0256. The van der Waals surface area contributed by atoms with Crippen molar-refractivity contribution in [3.63, 3.8) is 0 Å². The number of hydrogen-bond acceptors (Lipinski definition) is 5. The second-order valence-corrected chi connectivity index (χ2v) is 17.0. The molecule has 5 atom stereocenters. The molecule has 1 heterocycles. The molecule has 0 aliphatic carbocycles. The average molecular weight is 588 g/mol. The van der Waals surface area contributed by atoms with E-state index in [2.05, 4.69) is 92.3 Å². The molecule has 0 amide bonds. The van der Waals surface area contributed by atoms with Gasteiger partial charge in [-0.25, -0.2) is 0 Å². The van der Waals surface area contributed by atoms with Crippen LogP contribution in [0.5, 0.6) is 5.75 Å². The van der Waals surface area contributed by atoms with Gasteiger partial charge in [0.05, 0.1) is 12.7 Å². The Morgan fingerprint density at radius 2 is 1.57 bits per heavy atom. The Balaban J connectivity index is 1.59. The van der Waals surface area contributed by atoms with Gasteiger partial charge in [-0.2, -0.15) is 0 Å². The van der Waals surface area contributed by atoms with Gasteiger partial charge in [0, 0.05) is 11.6 Å². The van der Waals surface area contributed by atoms with Crippen LogP contribution in [-0.4, -0.2) is 46.1 Å². The lowest BCUT2D eigenvalue weighted by Gasteiger charge is -2.49. The molecule has 3 aromatic rings. The summed E-state index contributed by atoms with van der Waals surface area (Å²) < 4.78 is 33.2. The molecule has 1 aliphatic rings. The largest absolute Gasteiger partial charge is 0.462 e. The van der Waals surface area contributed by atoms with Crippen molar-refractivity contribution in [3.05, 3.63) is 76.8 Å². The fourth-order valence-electron chi connectivity index (χ4n) is 4.37. The van der Waals surface area contributed by atoms with Crippen LogP contribution in [0.4, 0.5) is 0 Å². The molecule has 200 valence electrons. The summed E-state index contributed by atoms with van der Waals surface area (Å²) in [5, 5.41) is 2.44. The minimum Gasteiger partial charge on any atom is -0.462 e. The second-order valence-electron chi connectivity index (χ2n) is 11.3. The van der Waals surface area contributed by atoms with Crippen LogP contribution in [0.2, 0.25) is 18.1 Å². The van der Waals surface area contributed by atoms with E-state index >= 15 is 0 Å². The highest BCUT2D eigenvalue weighted by atomic mass is 79.9. The van der Waals surface area contributed by atoms with E-state index in [9.17, 15) is 0 Å². The fraction of sp³-hybridized carbons (Fsp3) is 0.467. The number of halogens is 1. The molecular weight excluding hydrogens is 548 g/mol. The first kappa shape index (κ1) is 28.3. The van der Waals surface area contributed by atoms with Crippen LogP contribution in [-0.2, 0) is 25.2 Å². The average Bonchev–Trinajstić information content (AvgIpc) is 2.84. The topological polar surface area (TPSA) is 46.2 Å². The molecule has 0 radical (unpaired) electrons. The Hall–Kier alpha value is -1.74. The third-order valence-corrected chi connectivity index (χ3v) is 12.6. The molecule has 3 aromatic carbocycles. The molecule has 0 bridgehead atoms. The van der Waals surface area contributed by atoms with E-state index < -0.39 is 20.7 Å². The molecule has 0 N–H and O–H groups in total. The van der Waals surface area contributed by atoms with Crippen molar-refractivity contribution >= 4 is 35.0 Å². The lowest BCUT2D eigenvalue weighted by molar-refractivity contribution is -0.280. The first-order chi connectivity index (χ1) is 17.5. The standard InChI is InChI=1S/C30H39BrO5Si/c1-20-26(33-19-21-12-13-22-10-8-9-11-23(22)18-21)27(36-37(6,7)30(2,3)4)28(32-5)29(34-20)35-25-16-14-24(31)15-17-25/h8-18,20,26-29H,19H2,1-7H3/t20-,26-,27+,28+,29-/m0/s1. The van der Waals surface area contributed by atoms with Gasteiger partial charge in [0.15, 0.2) is 8.32 Å². The summed E-state index contributed by atoms with van der Waals surface area (Å²) in [6.45, 7) is 13.7. The number of ether oxygens (including phenoxy) is 4. The number of rotatable bonds is 8. The molecule has 4 rings (SSSR count). The Morgan fingerprint density at radius 3 is 2.22 bits per heavy atom. The van der Waals surface area contributed by atoms with Crippen LogP contribution in [0, 0.1) is 0 Å². The first-order valence-electron chi connectivity index (χ1n) is 12.9. The monoisotopic (exact) mass is 586 g/mol. The predicted molar refractivity (Wildman–Crippen MR) is 154 cm³/mol. The van der Waals surface area contributed by atoms with E-state index in [0.29, 0.717) is 12.4 Å². The van der Waals surface area contributed by atoms with Crippen molar-refractivity contribution < 1.29 is 23.4 Å². The van der Waals surface area contributed by atoms with Gasteiger partial charge in [-0.1, -0.05) is 73.1 Å². The van der Waals surface area contributed by atoms with E-state index in [1.54, 1.807) is 7.11 Å². The summed E-state index contributed by atoms with van der Waals surface area (Å²) in [7, 11) is -0.488. The summed E-state index contributed by atoms with van der Waals surface area (Å²) in [5.74, 6) is 0.712. The molecule has 0 aromatic heterocycles. The van der Waals surface area contributed by atoms with Gasteiger partial charge in [0.2, 0.25) is 6.29 Å². The van der Waals surface area contributed by atoms with Crippen LogP contribution in [0.15, 0.2) is 71.2 Å². The Morgan fingerprint density at radius 1 is 0.892 bits per heavy atom. The maximum Gasteiger partial charge on any atom is 0.229 e. The molecular formula is C30H39BrO5Si. The van der Waals surface area contributed by atoms with E-state index in [1.807, 2.05) is 31.2 Å². The highest BCUT2D eigenvalue weighted by Gasteiger charge is 2.51.